The molecule has 0 saturated carbocycles. The fourth-order valence-corrected chi connectivity index (χ4v) is 0.580. The first-order chi connectivity index (χ1) is 5.22. The highest BCUT2D eigenvalue weighted by Crippen LogP contribution is 2.13. The van der Waals surface area contributed by atoms with Crippen molar-refractivity contribution in [3.05, 3.63) is 18.1 Å². The lowest BCUT2D eigenvalue weighted by Gasteiger charge is -1.96. The van der Waals surface area contributed by atoms with Gasteiger partial charge in [0.25, 0.3) is 0 Å². The molecule has 0 aliphatic carbocycles. The first kappa shape index (κ1) is 7.84. The zero-order valence-corrected chi connectivity index (χ0v) is 5.43. The third-order valence-corrected chi connectivity index (χ3v) is 0.953. The van der Waals surface area contributed by atoms with Crippen molar-refractivity contribution in [2.24, 2.45) is 0 Å². The van der Waals surface area contributed by atoms with E-state index < -0.39 is 7.32 Å². The Morgan fingerprint density at radius 3 is 2.82 bits per heavy atom. The van der Waals surface area contributed by atoms with Crippen molar-refractivity contribution in [1.82, 2.24) is 0 Å². The van der Waals surface area contributed by atoms with Crippen LogP contribution in [-0.4, -0.2) is 23.7 Å². The van der Waals surface area contributed by atoms with Gasteiger partial charge in [0, 0.05) is 6.07 Å². The molecular weight excluding hydrogens is 151 g/mol. The maximum atomic E-state index is 10.0. The van der Waals surface area contributed by atoms with E-state index in [0.29, 0.717) is 6.29 Å². The molecule has 5 nitrogen and oxygen atoms in total. The Morgan fingerprint density at radius 1 is 1.64 bits per heavy atom. The second kappa shape index (κ2) is 3.22. The van der Waals surface area contributed by atoms with Gasteiger partial charge in [-0.2, -0.15) is 0 Å². The van der Waals surface area contributed by atoms with Crippen LogP contribution in [0.1, 0.15) is 10.6 Å². The summed E-state index contributed by atoms with van der Waals surface area (Å²) in [7, 11) is -1.90. The Hall–Kier alpha value is -1.27. The monoisotopic (exact) mass is 156 g/mol. The molecule has 58 valence electrons. The molecule has 1 heterocycles. The lowest BCUT2D eigenvalue weighted by molar-refractivity contribution is 0.110. The van der Waals surface area contributed by atoms with Gasteiger partial charge in [-0.15, -0.1) is 0 Å². The van der Waals surface area contributed by atoms with E-state index in [2.05, 4.69) is 9.07 Å². The number of hydrogen-bond donors (Lipinski definition) is 2. The van der Waals surface area contributed by atoms with Gasteiger partial charge in [-0.25, -0.2) is 0 Å². The smallest absolute Gasteiger partial charge is 0.509 e. The van der Waals surface area contributed by atoms with Crippen LogP contribution in [0.15, 0.2) is 16.7 Å². The van der Waals surface area contributed by atoms with E-state index in [1.807, 2.05) is 0 Å². The molecule has 0 fully saturated rings. The summed E-state index contributed by atoms with van der Waals surface area (Å²) < 4.78 is 8.95. The quantitative estimate of drug-likeness (QED) is 0.452. The number of carbonyl (C=O) groups excluding carboxylic acids is 1. The van der Waals surface area contributed by atoms with Gasteiger partial charge in [0.2, 0.25) is 0 Å². The molecule has 0 aliphatic heterocycles. The number of rotatable bonds is 3. The van der Waals surface area contributed by atoms with Crippen LogP contribution < -0.4 is 4.65 Å². The largest absolute Gasteiger partial charge is 0.707 e. The average molecular weight is 156 g/mol. The Kier molecular flexibility index (Phi) is 2.30. The fraction of sp³-hybridized carbons (Fsp3) is 0. The van der Waals surface area contributed by atoms with Crippen LogP contribution in [0.4, 0.5) is 0 Å². The zero-order valence-electron chi connectivity index (χ0n) is 5.43. The maximum absolute atomic E-state index is 10.0. The van der Waals surface area contributed by atoms with E-state index in [-0.39, 0.29) is 11.5 Å². The molecule has 0 aromatic carbocycles. The van der Waals surface area contributed by atoms with Gasteiger partial charge in [-0.1, -0.05) is 0 Å². The standard InChI is InChI=1S/C5H5BO5/c7-2-4-1-5(3-10-4)11-6(8)9/h1-3,8-9H. The number of aldehydes is 1. The van der Waals surface area contributed by atoms with Crippen LogP contribution in [0, 0.1) is 0 Å². The second-order valence-corrected chi connectivity index (χ2v) is 1.75. The van der Waals surface area contributed by atoms with E-state index in [1.54, 1.807) is 0 Å². The Labute approximate surface area is 62.4 Å². The topological polar surface area (TPSA) is 79.9 Å². The number of furan rings is 1. The molecule has 1 rings (SSSR count). The summed E-state index contributed by atoms with van der Waals surface area (Å²) in [5, 5.41) is 16.6. The van der Waals surface area contributed by atoms with E-state index >= 15 is 0 Å². The van der Waals surface area contributed by atoms with Gasteiger partial charge in [0.05, 0.1) is 0 Å². The molecular formula is C5H5BO5. The summed E-state index contributed by atoms with van der Waals surface area (Å²) in [6.07, 6.45) is 1.58. The normalized spacial score (nSPS) is 9.27. The molecule has 2 N–H and O–H groups in total. The van der Waals surface area contributed by atoms with Crippen LogP contribution in [-0.2, 0) is 0 Å². The number of carbonyl (C=O) groups is 1. The number of hydrogen-bond acceptors (Lipinski definition) is 5. The van der Waals surface area contributed by atoms with Crippen molar-refractivity contribution in [3.63, 3.8) is 0 Å². The predicted octanol–water partition coefficient (Wildman–Crippen LogP) is -0.560. The summed E-state index contributed by atoms with van der Waals surface area (Å²) in [6.45, 7) is 0. The van der Waals surface area contributed by atoms with E-state index in [4.69, 9.17) is 10.0 Å². The highest BCUT2D eigenvalue weighted by Gasteiger charge is 2.12. The third-order valence-electron chi connectivity index (χ3n) is 0.953. The lowest BCUT2D eigenvalue weighted by Crippen LogP contribution is -2.20. The summed E-state index contributed by atoms with van der Waals surface area (Å²) in [4.78, 5) is 10.0. The van der Waals surface area contributed by atoms with Gasteiger partial charge >= 0.3 is 7.32 Å². The predicted molar refractivity (Wildman–Crippen MR) is 34.9 cm³/mol. The lowest BCUT2D eigenvalue weighted by atomic mass is 10.2. The van der Waals surface area contributed by atoms with Crippen molar-refractivity contribution in [2.45, 2.75) is 0 Å². The molecule has 0 spiro atoms. The van der Waals surface area contributed by atoms with E-state index in [0.717, 1.165) is 6.26 Å². The first-order valence-corrected chi connectivity index (χ1v) is 2.79. The third kappa shape index (κ3) is 2.10. The summed E-state index contributed by atoms with van der Waals surface area (Å²) in [5.41, 5.74) is 0. The summed E-state index contributed by atoms with van der Waals surface area (Å²) in [6, 6.07) is 1.24. The van der Waals surface area contributed by atoms with Crippen LogP contribution in [0.3, 0.4) is 0 Å². The van der Waals surface area contributed by atoms with E-state index in [1.165, 1.54) is 6.07 Å². The van der Waals surface area contributed by atoms with Gasteiger partial charge in [0.15, 0.2) is 12.0 Å². The van der Waals surface area contributed by atoms with Crippen LogP contribution in [0.5, 0.6) is 5.75 Å². The minimum Gasteiger partial charge on any atom is -0.509 e. The summed E-state index contributed by atoms with van der Waals surface area (Å²) >= 11 is 0. The van der Waals surface area contributed by atoms with Gasteiger partial charge in [0.1, 0.15) is 12.0 Å². The van der Waals surface area contributed by atoms with Crippen LogP contribution in [0.2, 0.25) is 0 Å². The van der Waals surface area contributed by atoms with Gasteiger partial charge in [-0.3, -0.25) is 4.79 Å². The van der Waals surface area contributed by atoms with Crippen molar-refractivity contribution in [3.8, 4) is 5.75 Å². The Balaban J connectivity index is 2.65. The molecule has 0 unspecified atom stereocenters. The second-order valence-electron chi connectivity index (χ2n) is 1.75. The van der Waals surface area contributed by atoms with Gasteiger partial charge in [-0.05, 0) is 0 Å². The molecule has 0 atom stereocenters. The molecule has 1 aromatic rings. The molecule has 0 bridgehead atoms. The van der Waals surface area contributed by atoms with Gasteiger partial charge < -0.3 is 19.1 Å². The fourth-order valence-electron chi connectivity index (χ4n) is 0.580. The van der Waals surface area contributed by atoms with Crippen molar-refractivity contribution in [2.75, 3.05) is 0 Å². The van der Waals surface area contributed by atoms with Crippen molar-refractivity contribution < 1.29 is 23.9 Å². The van der Waals surface area contributed by atoms with Crippen molar-refractivity contribution >= 4 is 13.6 Å². The minimum absolute atomic E-state index is 0.0700. The molecule has 11 heavy (non-hydrogen) atoms. The van der Waals surface area contributed by atoms with Crippen LogP contribution >= 0.6 is 0 Å². The zero-order chi connectivity index (χ0) is 8.27. The highest BCUT2D eigenvalue weighted by molar-refractivity contribution is 6.33. The van der Waals surface area contributed by atoms with E-state index in [9.17, 15) is 4.79 Å². The first-order valence-electron chi connectivity index (χ1n) is 2.79. The van der Waals surface area contributed by atoms with Crippen LogP contribution in [0.25, 0.3) is 0 Å². The summed E-state index contributed by atoms with van der Waals surface area (Å²) in [5.74, 6) is 0.169. The molecule has 1 aromatic heterocycles. The molecule has 0 radical (unpaired) electrons. The molecule has 0 aliphatic rings. The minimum atomic E-state index is -1.90. The molecule has 0 saturated heterocycles. The Bertz CT molecular complexity index is 243. The SMILES string of the molecule is O=Cc1cc(OB(O)O)co1. The molecule has 6 heteroatoms. The maximum Gasteiger partial charge on any atom is 0.707 e. The van der Waals surface area contributed by atoms with Crippen molar-refractivity contribution in [1.29, 1.82) is 0 Å². The highest BCUT2D eigenvalue weighted by atomic mass is 16.6. The molecule has 0 amide bonds. The average Bonchev–Trinajstić information content (AvgIpc) is 2.34. The Morgan fingerprint density at radius 2 is 2.36 bits per heavy atom.